The molecule has 0 saturated heterocycles. The number of nitrogens with one attached hydrogen (secondary N) is 1. The summed E-state index contributed by atoms with van der Waals surface area (Å²) in [4.78, 5) is 12.2. The molecule has 0 spiro atoms. The van der Waals surface area contributed by atoms with Crippen molar-refractivity contribution in [2.75, 3.05) is 6.54 Å². The summed E-state index contributed by atoms with van der Waals surface area (Å²) in [5.74, 6) is 0.321. The Bertz CT molecular complexity index is 509. The van der Waals surface area contributed by atoms with Gasteiger partial charge in [0.1, 0.15) is 11.9 Å². The molecule has 2 rings (SSSR count). The molecule has 2 aromatic rings. The molecular formula is C12H12ClNO3S. The van der Waals surface area contributed by atoms with E-state index in [-0.39, 0.29) is 5.91 Å². The van der Waals surface area contributed by atoms with E-state index in [1.807, 2.05) is 0 Å². The van der Waals surface area contributed by atoms with Gasteiger partial charge in [0.05, 0.1) is 15.5 Å². The van der Waals surface area contributed by atoms with Gasteiger partial charge in [-0.2, -0.15) is 0 Å². The average molecular weight is 286 g/mol. The van der Waals surface area contributed by atoms with Crippen LogP contribution in [0.25, 0.3) is 0 Å². The lowest BCUT2D eigenvalue weighted by Gasteiger charge is -2.08. The summed E-state index contributed by atoms with van der Waals surface area (Å²) in [7, 11) is 0. The zero-order chi connectivity index (χ0) is 13.0. The Kier molecular flexibility index (Phi) is 4.41. The van der Waals surface area contributed by atoms with Crippen molar-refractivity contribution in [3.63, 3.8) is 0 Å². The maximum atomic E-state index is 11.7. The third-order valence-corrected chi connectivity index (χ3v) is 3.60. The predicted octanol–water partition coefficient (Wildman–Crippen LogP) is 2.85. The van der Waals surface area contributed by atoms with Crippen LogP contribution in [0.4, 0.5) is 0 Å². The average Bonchev–Trinajstić information content (AvgIpc) is 2.99. The number of carbonyl (C=O) groups excluding carboxylic acids is 1. The maximum absolute atomic E-state index is 11.7. The number of hydrogen-bond donors (Lipinski definition) is 2. The minimum atomic E-state index is -0.702. The van der Waals surface area contributed by atoms with E-state index >= 15 is 0 Å². The Hall–Kier alpha value is -1.30. The highest BCUT2D eigenvalue weighted by Crippen LogP contribution is 2.21. The smallest absolute Gasteiger partial charge is 0.261 e. The third kappa shape index (κ3) is 3.35. The summed E-state index contributed by atoms with van der Waals surface area (Å²) >= 11 is 6.97. The number of thiophene rings is 1. The van der Waals surface area contributed by atoms with Gasteiger partial charge in [-0.3, -0.25) is 4.79 Å². The second-order valence-corrected chi connectivity index (χ2v) is 5.39. The first-order valence-electron chi connectivity index (χ1n) is 5.42. The van der Waals surface area contributed by atoms with Gasteiger partial charge >= 0.3 is 0 Å². The number of rotatable bonds is 5. The Morgan fingerprint density at radius 2 is 2.33 bits per heavy atom. The minimum absolute atomic E-state index is 0.182. The molecule has 0 aromatic carbocycles. The first-order valence-corrected chi connectivity index (χ1v) is 6.61. The van der Waals surface area contributed by atoms with Crippen LogP contribution in [0, 0.1) is 0 Å². The van der Waals surface area contributed by atoms with Crippen LogP contribution in [-0.2, 0) is 0 Å². The molecule has 2 aromatic heterocycles. The van der Waals surface area contributed by atoms with Crippen LogP contribution in [0.2, 0.25) is 4.34 Å². The van der Waals surface area contributed by atoms with Gasteiger partial charge in [-0.1, -0.05) is 11.6 Å². The highest BCUT2D eigenvalue weighted by molar-refractivity contribution is 7.17. The van der Waals surface area contributed by atoms with Crippen LogP contribution in [0.15, 0.2) is 34.9 Å². The molecule has 18 heavy (non-hydrogen) atoms. The van der Waals surface area contributed by atoms with Crippen LogP contribution < -0.4 is 5.32 Å². The number of aliphatic hydroxyl groups is 1. The number of carbonyl (C=O) groups is 1. The van der Waals surface area contributed by atoms with Crippen LogP contribution in [-0.4, -0.2) is 17.6 Å². The Morgan fingerprint density at radius 3 is 2.94 bits per heavy atom. The fourth-order valence-electron chi connectivity index (χ4n) is 1.47. The zero-order valence-electron chi connectivity index (χ0n) is 9.43. The topological polar surface area (TPSA) is 62.5 Å². The SMILES string of the molecule is O=C(NCC[C@@H](O)c1ccco1)c1ccc(Cl)s1. The Balaban J connectivity index is 1.77. The fraction of sp³-hybridized carbons (Fsp3) is 0.250. The molecule has 2 N–H and O–H groups in total. The molecule has 1 amide bonds. The first kappa shape index (κ1) is 13.1. The summed E-state index contributed by atoms with van der Waals surface area (Å²) in [6, 6.07) is 6.76. The lowest BCUT2D eigenvalue weighted by atomic mass is 10.2. The van der Waals surface area contributed by atoms with Gasteiger partial charge in [0, 0.05) is 6.54 Å². The zero-order valence-corrected chi connectivity index (χ0v) is 11.0. The molecule has 0 aliphatic rings. The fourth-order valence-corrected chi connectivity index (χ4v) is 2.43. The van der Waals surface area contributed by atoms with Gasteiger partial charge in [-0.25, -0.2) is 0 Å². The van der Waals surface area contributed by atoms with Crippen LogP contribution >= 0.6 is 22.9 Å². The van der Waals surface area contributed by atoms with Gasteiger partial charge in [-0.15, -0.1) is 11.3 Å². The monoisotopic (exact) mass is 285 g/mol. The van der Waals surface area contributed by atoms with Crippen molar-refractivity contribution in [3.8, 4) is 0 Å². The van der Waals surface area contributed by atoms with Gasteiger partial charge in [0.25, 0.3) is 5.91 Å². The van der Waals surface area contributed by atoms with E-state index < -0.39 is 6.10 Å². The van der Waals surface area contributed by atoms with E-state index in [9.17, 15) is 9.90 Å². The standard InChI is InChI=1S/C12H12ClNO3S/c13-11-4-3-10(18-11)12(16)14-6-5-8(15)9-2-1-7-17-9/h1-4,7-8,15H,5-6H2,(H,14,16)/t8-/m1/s1. The summed E-state index contributed by atoms with van der Waals surface area (Å²) in [6.07, 6.45) is 1.20. The molecule has 0 unspecified atom stereocenters. The molecule has 0 radical (unpaired) electrons. The molecular weight excluding hydrogens is 274 g/mol. The first-order chi connectivity index (χ1) is 8.66. The molecule has 2 heterocycles. The van der Waals surface area contributed by atoms with Gasteiger partial charge in [0.2, 0.25) is 0 Å². The molecule has 0 aliphatic heterocycles. The van der Waals surface area contributed by atoms with E-state index in [1.165, 1.54) is 17.6 Å². The molecule has 0 fully saturated rings. The van der Waals surface area contributed by atoms with E-state index in [2.05, 4.69) is 5.32 Å². The van der Waals surface area contributed by atoms with Crippen LogP contribution in [0.3, 0.4) is 0 Å². The molecule has 0 aliphatic carbocycles. The predicted molar refractivity (Wildman–Crippen MR) is 69.9 cm³/mol. The number of furan rings is 1. The van der Waals surface area contributed by atoms with Crippen molar-refractivity contribution in [2.24, 2.45) is 0 Å². The minimum Gasteiger partial charge on any atom is -0.467 e. The molecule has 1 atom stereocenters. The summed E-state index contributed by atoms with van der Waals surface area (Å²) in [5.41, 5.74) is 0. The number of amides is 1. The van der Waals surface area contributed by atoms with Gasteiger partial charge in [0.15, 0.2) is 0 Å². The van der Waals surface area contributed by atoms with Crippen molar-refractivity contribution in [1.82, 2.24) is 5.32 Å². The highest BCUT2D eigenvalue weighted by Gasteiger charge is 2.12. The normalized spacial score (nSPS) is 12.3. The van der Waals surface area contributed by atoms with Crippen molar-refractivity contribution in [2.45, 2.75) is 12.5 Å². The summed E-state index contributed by atoms with van der Waals surface area (Å²) in [6.45, 7) is 0.371. The molecule has 96 valence electrons. The second kappa shape index (κ2) is 6.04. The summed E-state index contributed by atoms with van der Waals surface area (Å²) in [5, 5.41) is 12.4. The van der Waals surface area contributed by atoms with Crippen molar-refractivity contribution < 1.29 is 14.3 Å². The lowest BCUT2D eigenvalue weighted by Crippen LogP contribution is -2.24. The molecule has 4 nitrogen and oxygen atoms in total. The van der Waals surface area contributed by atoms with Gasteiger partial charge < -0.3 is 14.8 Å². The van der Waals surface area contributed by atoms with E-state index in [0.29, 0.717) is 27.9 Å². The quantitative estimate of drug-likeness (QED) is 0.888. The van der Waals surface area contributed by atoms with Crippen LogP contribution in [0.5, 0.6) is 0 Å². The van der Waals surface area contributed by atoms with Crippen LogP contribution in [0.1, 0.15) is 28.0 Å². The number of halogens is 1. The molecule has 6 heteroatoms. The molecule has 0 saturated carbocycles. The van der Waals surface area contributed by atoms with Crippen molar-refractivity contribution in [3.05, 3.63) is 45.5 Å². The van der Waals surface area contributed by atoms with Crippen molar-refractivity contribution >= 4 is 28.8 Å². The largest absolute Gasteiger partial charge is 0.467 e. The number of hydrogen-bond acceptors (Lipinski definition) is 4. The highest BCUT2D eigenvalue weighted by atomic mass is 35.5. The number of aliphatic hydroxyl groups excluding tert-OH is 1. The van der Waals surface area contributed by atoms with E-state index in [4.69, 9.17) is 16.0 Å². The third-order valence-electron chi connectivity index (χ3n) is 2.37. The second-order valence-electron chi connectivity index (χ2n) is 3.68. The van der Waals surface area contributed by atoms with Gasteiger partial charge in [-0.05, 0) is 30.7 Å². The summed E-state index contributed by atoms with van der Waals surface area (Å²) < 4.78 is 5.64. The lowest BCUT2D eigenvalue weighted by molar-refractivity contribution is 0.0940. The van der Waals surface area contributed by atoms with E-state index in [0.717, 1.165) is 0 Å². The maximum Gasteiger partial charge on any atom is 0.261 e. The Labute approximate surface area is 113 Å². The molecule has 0 bridgehead atoms. The van der Waals surface area contributed by atoms with E-state index in [1.54, 1.807) is 24.3 Å². The van der Waals surface area contributed by atoms with Crippen molar-refractivity contribution in [1.29, 1.82) is 0 Å². The Morgan fingerprint density at radius 1 is 1.50 bits per heavy atom.